The molecule has 30 heavy (non-hydrogen) atoms. The summed E-state index contributed by atoms with van der Waals surface area (Å²) in [5, 5.41) is 6.08. The molecule has 2 aliphatic rings. The molecule has 0 aromatic heterocycles. The summed E-state index contributed by atoms with van der Waals surface area (Å²) in [6.45, 7) is 1.77. The number of ether oxygens (including phenoxy) is 2. The zero-order chi connectivity index (χ0) is 21.4. The van der Waals surface area contributed by atoms with Crippen LogP contribution >= 0.6 is 11.6 Å². The average molecular weight is 428 g/mol. The quantitative estimate of drug-likeness (QED) is 0.538. The number of amides is 2. The van der Waals surface area contributed by atoms with Crippen LogP contribution in [0.1, 0.15) is 6.92 Å². The highest BCUT2D eigenvalue weighted by Crippen LogP contribution is 2.40. The maximum Gasteiger partial charge on any atom is 0.355 e. The van der Waals surface area contributed by atoms with Crippen LogP contribution < -0.4 is 14.6 Å². The van der Waals surface area contributed by atoms with Gasteiger partial charge < -0.3 is 9.47 Å². The number of anilines is 2. The molecule has 0 aliphatic carbocycles. The first-order valence-electron chi connectivity index (χ1n) is 9.29. The molecule has 9 heteroatoms. The molecule has 0 radical (unpaired) electrons. The standard InChI is InChI=1S/C21H18ClN3O5/c1-3-30-21(28)17-16-18(25(23-17)13-8-6-7-12(22)11-13)20(27)24(19(16)26)14-9-4-5-10-15(14)29-2/h4-11,16,18H,3H2,1-2H3/t16-,18+/m1/s1. The molecular formula is C21H18ClN3O5. The number of benzene rings is 2. The van der Waals surface area contributed by atoms with Crippen LogP contribution in [0, 0.1) is 5.92 Å². The zero-order valence-corrected chi connectivity index (χ0v) is 17.0. The van der Waals surface area contributed by atoms with E-state index in [-0.39, 0.29) is 12.3 Å². The number of esters is 1. The van der Waals surface area contributed by atoms with Crippen molar-refractivity contribution in [3.8, 4) is 5.75 Å². The molecule has 2 heterocycles. The molecule has 2 amide bonds. The van der Waals surface area contributed by atoms with Crippen LogP contribution in [-0.4, -0.2) is 43.3 Å². The van der Waals surface area contributed by atoms with Gasteiger partial charge in [-0.25, -0.2) is 9.69 Å². The van der Waals surface area contributed by atoms with E-state index in [4.69, 9.17) is 21.1 Å². The van der Waals surface area contributed by atoms with E-state index in [1.807, 2.05) is 0 Å². The lowest BCUT2D eigenvalue weighted by Gasteiger charge is -2.23. The third-order valence-electron chi connectivity index (χ3n) is 4.93. The molecular weight excluding hydrogens is 410 g/mol. The van der Waals surface area contributed by atoms with Crippen LogP contribution in [0.2, 0.25) is 5.02 Å². The van der Waals surface area contributed by atoms with E-state index in [0.717, 1.165) is 4.90 Å². The summed E-state index contributed by atoms with van der Waals surface area (Å²) in [6, 6.07) is 12.4. The lowest BCUT2D eigenvalue weighted by molar-refractivity contribution is -0.136. The van der Waals surface area contributed by atoms with Gasteiger partial charge in [-0.2, -0.15) is 5.10 Å². The molecule has 0 spiro atoms. The van der Waals surface area contributed by atoms with Crippen LogP contribution in [0.4, 0.5) is 11.4 Å². The fourth-order valence-electron chi connectivity index (χ4n) is 3.67. The first-order chi connectivity index (χ1) is 14.5. The van der Waals surface area contributed by atoms with Gasteiger partial charge in [0.05, 0.1) is 25.1 Å². The Morgan fingerprint density at radius 3 is 2.60 bits per heavy atom. The van der Waals surface area contributed by atoms with Gasteiger partial charge in [0.25, 0.3) is 5.91 Å². The summed E-state index contributed by atoms with van der Waals surface area (Å²) in [7, 11) is 1.45. The number of carbonyl (C=O) groups excluding carboxylic acids is 3. The number of halogens is 1. The lowest BCUT2D eigenvalue weighted by Crippen LogP contribution is -2.39. The van der Waals surface area contributed by atoms with E-state index in [0.29, 0.717) is 22.1 Å². The predicted octanol–water partition coefficient (Wildman–Crippen LogP) is 2.65. The lowest BCUT2D eigenvalue weighted by atomic mass is 9.98. The normalized spacial score (nSPS) is 20.3. The molecule has 0 unspecified atom stereocenters. The van der Waals surface area contributed by atoms with Crippen molar-refractivity contribution in [2.24, 2.45) is 11.0 Å². The van der Waals surface area contributed by atoms with Crippen LogP contribution in [0.15, 0.2) is 53.6 Å². The highest BCUT2D eigenvalue weighted by molar-refractivity contribution is 6.47. The van der Waals surface area contributed by atoms with Gasteiger partial charge in [0, 0.05) is 5.02 Å². The van der Waals surface area contributed by atoms with Crippen molar-refractivity contribution in [2.75, 3.05) is 23.6 Å². The number of methoxy groups -OCH3 is 1. The number of hydrogen-bond donors (Lipinski definition) is 0. The number of hydrogen-bond acceptors (Lipinski definition) is 7. The predicted molar refractivity (Wildman–Crippen MR) is 111 cm³/mol. The van der Waals surface area contributed by atoms with E-state index in [9.17, 15) is 14.4 Å². The number of carbonyl (C=O) groups is 3. The summed E-state index contributed by atoms with van der Waals surface area (Å²) < 4.78 is 10.4. The van der Waals surface area contributed by atoms with Crippen molar-refractivity contribution in [3.63, 3.8) is 0 Å². The summed E-state index contributed by atoms with van der Waals surface area (Å²) in [5.74, 6) is -2.55. The number of para-hydroxylation sites is 2. The Bertz CT molecular complexity index is 1070. The van der Waals surface area contributed by atoms with Gasteiger partial charge in [-0.1, -0.05) is 29.8 Å². The van der Waals surface area contributed by atoms with Gasteiger partial charge in [-0.3, -0.25) is 14.6 Å². The Hall–Kier alpha value is -3.39. The Morgan fingerprint density at radius 2 is 1.90 bits per heavy atom. The van der Waals surface area contributed by atoms with Gasteiger partial charge in [0.2, 0.25) is 5.91 Å². The monoisotopic (exact) mass is 427 g/mol. The fraction of sp³-hybridized carbons (Fsp3) is 0.238. The van der Waals surface area contributed by atoms with Crippen LogP contribution in [0.3, 0.4) is 0 Å². The van der Waals surface area contributed by atoms with E-state index in [1.165, 1.54) is 12.1 Å². The van der Waals surface area contributed by atoms with Crippen LogP contribution in [-0.2, 0) is 19.1 Å². The molecule has 1 saturated heterocycles. The number of nitrogens with zero attached hydrogens (tertiary/aromatic N) is 3. The minimum Gasteiger partial charge on any atom is -0.495 e. The van der Waals surface area contributed by atoms with Gasteiger partial charge in [0.1, 0.15) is 17.7 Å². The minimum atomic E-state index is -1.10. The molecule has 2 atom stereocenters. The van der Waals surface area contributed by atoms with E-state index in [1.54, 1.807) is 55.5 Å². The Balaban J connectivity index is 1.82. The topological polar surface area (TPSA) is 88.5 Å². The Labute approximate surface area is 177 Å². The van der Waals surface area contributed by atoms with Crippen LogP contribution in [0.5, 0.6) is 5.75 Å². The van der Waals surface area contributed by atoms with E-state index < -0.39 is 29.7 Å². The summed E-state index contributed by atoms with van der Waals surface area (Å²) in [4.78, 5) is 40.3. The van der Waals surface area contributed by atoms with E-state index in [2.05, 4.69) is 5.10 Å². The smallest absolute Gasteiger partial charge is 0.355 e. The first kappa shape index (κ1) is 19.9. The molecule has 0 bridgehead atoms. The number of rotatable bonds is 5. The van der Waals surface area contributed by atoms with E-state index >= 15 is 0 Å². The van der Waals surface area contributed by atoms with Crippen LogP contribution in [0.25, 0.3) is 0 Å². The van der Waals surface area contributed by atoms with Gasteiger partial charge in [-0.05, 0) is 37.3 Å². The fourth-order valence-corrected chi connectivity index (χ4v) is 3.86. The Morgan fingerprint density at radius 1 is 1.13 bits per heavy atom. The Kier molecular flexibility index (Phi) is 5.17. The SMILES string of the molecule is CCOC(=O)C1=NN(c2cccc(Cl)c2)[C@@H]2C(=O)N(c3ccccc3OC)C(=O)[C@H]12. The first-order valence-corrected chi connectivity index (χ1v) is 9.67. The molecule has 0 saturated carbocycles. The minimum absolute atomic E-state index is 0.113. The summed E-state index contributed by atoms with van der Waals surface area (Å²) >= 11 is 6.10. The van der Waals surface area contributed by atoms with Crippen molar-refractivity contribution >= 4 is 46.5 Å². The molecule has 154 valence electrons. The maximum atomic E-state index is 13.4. The van der Waals surface area contributed by atoms with Crippen molar-refractivity contribution in [1.82, 2.24) is 0 Å². The molecule has 2 aromatic carbocycles. The highest BCUT2D eigenvalue weighted by Gasteiger charge is 2.59. The largest absolute Gasteiger partial charge is 0.495 e. The number of fused-ring (bicyclic) bond motifs is 1. The average Bonchev–Trinajstić information content (AvgIpc) is 3.25. The van der Waals surface area contributed by atoms with Gasteiger partial charge >= 0.3 is 5.97 Å². The van der Waals surface area contributed by atoms with Crippen molar-refractivity contribution in [3.05, 3.63) is 53.6 Å². The summed E-state index contributed by atoms with van der Waals surface area (Å²) in [5.41, 5.74) is 0.677. The molecule has 1 fully saturated rings. The highest BCUT2D eigenvalue weighted by atomic mass is 35.5. The third kappa shape index (κ3) is 3.09. The van der Waals surface area contributed by atoms with Crippen molar-refractivity contribution < 1.29 is 23.9 Å². The van der Waals surface area contributed by atoms with Crippen molar-refractivity contribution in [2.45, 2.75) is 13.0 Å². The second-order valence-corrected chi connectivity index (χ2v) is 7.07. The molecule has 2 aromatic rings. The molecule has 2 aliphatic heterocycles. The molecule has 8 nitrogen and oxygen atoms in total. The number of hydrazone groups is 1. The molecule has 4 rings (SSSR count). The maximum absolute atomic E-state index is 13.4. The van der Waals surface area contributed by atoms with Crippen molar-refractivity contribution in [1.29, 1.82) is 0 Å². The van der Waals surface area contributed by atoms with Gasteiger partial charge in [-0.15, -0.1) is 0 Å². The molecule has 0 N–H and O–H groups in total. The second-order valence-electron chi connectivity index (χ2n) is 6.64. The number of imide groups is 1. The summed E-state index contributed by atoms with van der Waals surface area (Å²) in [6.07, 6.45) is 0. The third-order valence-corrected chi connectivity index (χ3v) is 5.17. The van der Waals surface area contributed by atoms with Gasteiger partial charge in [0.15, 0.2) is 5.71 Å². The second kappa shape index (κ2) is 7.79. The zero-order valence-electron chi connectivity index (χ0n) is 16.2.